The van der Waals surface area contributed by atoms with Crippen LogP contribution in [0.15, 0.2) is 18.2 Å². The van der Waals surface area contributed by atoms with Gasteiger partial charge in [-0.05, 0) is 30.9 Å². The fraction of sp³-hybridized carbons (Fsp3) is 0.529. The number of benzene rings is 1. The van der Waals surface area contributed by atoms with Gasteiger partial charge in [0.1, 0.15) is 9.75 Å². The molecule has 0 heterocycles. The van der Waals surface area contributed by atoms with E-state index in [9.17, 15) is 9.59 Å². The highest BCUT2D eigenvalue weighted by Gasteiger charge is 2.69. The second-order valence-electron chi connectivity index (χ2n) is 6.00. The summed E-state index contributed by atoms with van der Waals surface area (Å²) in [6.07, 6.45) is 1.95. The van der Waals surface area contributed by atoms with Gasteiger partial charge in [0.25, 0.3) is 5.91 Å². The first-order valence-electron chi connectivity index (χ1n) is 7.71. The normalized spacial score (nSPS) is 21.6. The molecule has 126 valence electrons. The van der Waals surface area contributed by atoms with Gasteiger partial charge in [-0.3, -0.25) is 9.59 Å². The summed E-state index contributed by atoms with van der Waals surface area (Å²) in [6.45, 7) is 5.34. The number of hydrogen-bond donors (Lipinski definition) is 1. The van der Waals surface area contributed by atoms with Crippen molar-refractivity contribution in [3.05, 3.63) is 29.3 Å². The molecule has 1 atom stereocenters. The number of carbonyl (C=O) groups is 2. The summed E-state index contributed by atoms with van der Waals surface area (Å²) in [5.41, 5.74) is 1.99. The molecule has 1 aliphatic rings. The van der Waals surface area contributed by atoms with Crippen molar-refractivity contribution >= 4 is 40.8 Å². The Hall–Kier alpha value is -1.26. The number of para-hydroxylation sites is 1. The number of esters is 1. The van der Waals surface area contributed by atoms with Crippen molar-refractivity contribution in [1.29, 1.82) is 0 Å². The van der Waals surface area contributed by atoms with Gasteiger partial charge in [0.2, 0.25) is 0 Å². The van der Waals surface area contributed by atoms with Crippen LogP contribution in [0.3, 0.4) is 0 Å². The second kappa shape index (κ2) is 6.70. The number of amides is 1. The van der Waals surface area contributed by atoms with E-state index in [1.165, 1.54) is 0 Å². The van der Waals surface area contributed by atoms with Gasteiger partial charge >= 0.3 is 5.97 Å². The van der Waals surface area contributed by atoms with E-state index in [0.717, 1.165) is 29.7 Å². The molecule has 2 rings (SSSR count). The van der Waals surface area contributed by atoms with E-state index >= 15 is 0 Å². The fourth-order valence-electron chi connectivity index (χ4n) is 2.49. The molecule has 1 fully saturated rings. The summed E-state index contributed by atoms with van der Waals surface area (Å²) < 4.78 is 3.97. The van der Waals surface area contributed by atoms with E-state index in [2.05, 4.69) is 5.32 Å². The molecule has 0 aromatic heterocycles. The monoisotopic (exact) mass is 357 g/mol. The van der Waals surface area contributed by atoms with Crippen LogP contribution in [0.2, 0.25) is 0 Å². The lowest BCUT2D eigenvalue weighted by Crippen LogP contribution is -2.27. The first kappa shape index (κ1) is 18.1. The molecule has 6 heteroatoms. The number of rotatable bonds is 6. The molecule has 1 aliphatic carbocycles. The van der Waals surface area contributed by atoms with Gasteiger partial charge in [0.05, 0.1) is 0 Å². The lowest BCUT2D eigenvalue weighted by Gasteiger charge is -2.15. The van der Waals surface area contributed by atoms with E-state index in [-0.39, 0.29) is 12.5 Å². The minimum absolute atomic E-state index is 0.336. The molecule has 1 aromatic carbocycles. The third-order valence-electron chi connectivity index (χ3n) is 4.31. The Morgan fingerprint density at radius 1 is 1.22 bits per heavy atom. The van der Waals surface area contributed by atoms with Crippen LogP contribution >= 0.6 is 23.2 Å². The average molecular weight is 358 g/mol. The zero-order valence-corrected chi connectivity index (χ0v) is 15.1. The summed E-state index contributed by atoms with van der Waals surface area (Å²) in [4.78, 5) is 24.1. The Morgan fingerprint density at radius 3 is 2.17 bits per heavy atom. The van der Waals surface area contributed by atoms with Gasteiger partial charge in [0.15, 0.2) is 6.61 Å². The van der Waals surface area contributed by atoms with Crippen molar-refractivity contribution in [3.63, 3.8) is 0 Å². The maximum atomic E-state index is 12.1. The third-order valence-corrected chi connectivity index (χ3v) is 5.41. The van der Waals surface area contributed by atoms with Crippen molar-refractivity contribution in [2.24, 2.45) is 5.41 Å². The highest BCUT2D eigenvalue weighted by atomic mass is 35.5. The van der Waals surface area contributed by atoms with Gasteiger partial charge in [0, 0.05) is 12.1 Å². The Kier molecular flexibility index (Phi) is 5.27. The summed E-state index contributed by atoms with van der Waals surface area (Å²) in [6, 6.07) is 5.92. The zero-order valence-electron chi connectivity index (χ0n) is 13.5. The van der Waals surface area contributed by atoms with Crippen LogP contribution in [0.1, 0.15) is 38.3 Å². The molecule has 0 spiro atoms. The molecule has 0 radical (unpaired) electrons. The average Bonchev–Trinajstić information content (AvgIpc) is 3.04. The standard InChI is InChI=1S/C17H21Cl2NO3/c1-4-11-7-6-8-12(5-2)14(11)20-13(21)9-23-15(22)16(3)10-17(16,18)19/h6-8H,4-5,9-10H2,1-3H3,(H,20,21). The molecular formula is C17H21Cl2NO3. The largest absolute Gasteiger partial charge is 0.455 e. The van der Waals surface area contributed by atoms with Crippen molar-refractivity contribution in [2.45, 2.75) is 44.4 Å². The highest BCUT2D eigenvalue weighted by Crippen LogP contribution is 2.64. The minimum Gasteiger partial charge on any atom is -0.455 e. The van der Waals surface area contributed by atoms with Gasteiger partial charge < -0.3 is 10.1 Å². The second-order valence-corrected chi connectivity index (χ2v) is 7.48. The highest BCUT2D eigenvalue weighted by molar-refractivity contribution is 6.53. The summed E-state index contributed by atoms with van der Waals surface area (Å²) in [5.74, 6) is -0.912. The fourth-order valence-corrected chi connectivity index (χ4v) is 3.18. The number of halogens is 2. The quantitative estimate of drug-likeness (QED) is 0.620. The first-order valence-corrected chi connectivity index (χ1v) is 8.46. The van der Waals surface area contributed by atoms with E-state index in [1.807, 2.05) is 32.0 Å². The van der Waals surface area contributed by atoms with E-state index in [1.54, 1.807) is 6.92 Å². The summed E-state index contributed by atoms with van der Waals surface area (Å²) in [7, 11) is 0. The van der Waals surface area contributed by atoms with Crippen LogP contribution in [0.5, 0.6) is 0 Å². The predicted molar refractivity (Wildman–Crippen MR) is 91.9 cm³/mol. The molecule has 1 N–H and O–H groups in total. The molecule has 1 unspecified atom stereocenters. The Bertz CT molecular complexity index is 608. The SMILES string of the molecule is CCc1cccc(CC)c1NC(=O)COC(=O)C1(C)CC1(Cl)Cl. The van der Waals surface area contributed by atoms with Crippen LogP contribution in [0.4, 0.5) is 5.69 Å². The minimum atomic E-state index is -1.09. The number of nitrogens with one attached hydrogen (secondary N) is 1. The van der Waals surface area contributed by atoms with Crippen molar-refractivity contribution < 1.29 is 14.3 Å². The summed E-state index contributed by atoms with van der Waals surface area (Å²) in [5, 5.41) is 2.85. The number of anilines is 1. The lowest BCUT2D eigenvalue weighted by molar-refractivity contribution is -0.152. The molecular weight excluding hydrogens is 337 g/mol. The van der Waals surface area contributed by atoms with Crippen molar-refractivity contribution in [2.75, 3.05) is 11.9 Å². The maximum absolute atomic E-state index is 12.1. The Morgan fingerprint density at radius 2 is 1.74 bits per heavy atom. The first-order chi connectivity index (χ1) is 10.7. The van der Waals surface area contributed by atoms with Crippen LogP contribution in [0, 0.1) is 5.41 Å². The van der Waals surface area contributed by atoms with Crippen LogP contribution in [0.25, 0.3) is 0 Å². The maximum Gasteiger partial charge on any atom is 0.315 e. The number of carbonyl (C=O) groups excluding carboxylic acids is 2. The molecule has 1 aromatic rings. The molecule has 4 nitrogen and oxygen atoms in total. The number of alkyl halides is 2. The number of hydrogen-bond acceptors (Lipinski definition) is 3. The van der Waals surface area contributed by atoms with Crippen LogP contribution in [-0.2, 0) is 27.2 Å². The van der Waals surface area contributed by atoms with Gasteiger partial charge in [-0.15, -0.1) is 23.2 Å². The molecule has 1 amide bonds. The smallest absolute Gasteiger partial charge is 0.315 e. The molecule has 0 aliphatic heterocycles. The van der Waals surface area contributed by atoms with E-state index < -0.39 is 15.7 Å². The van der Waals surface area contributed by atoms with Crippen molar-refractivity contribution in [1.82, 2.24) is 0 Å². The van der Waals surface area contributed by atoms with Gasteiger partial charge in [-0.1, -0.05) is 32.0 Å². The van der Waals surface area contributed by atoms with Gasteiger partial charge in [-0.25, -0.2) is 0 Å². The van der Waals surface area contributed by atoms with Crippen molar-refractivity contribution in [3.8, 4) is 0 Å². The van der Waals surface area contributed by atoms with E-state index in [4.69, 9.17) is 27.9 Å². The third kappa shape index (κ3) is 3.64. The van der Waals surface area contributed by atoms with Crippen LogP contribution < -0.4 is 5.32 Å². The lowest BCUT2D eigenvalue weighted by atomic mass is 10.0. The van der Waals surface area contributed by atoms with Crippen LogP contribution in [-0.4, -0.2) is 22.8 Å². The van der Waals surface area contributed by atoms with Gasteiger partial charge in [-0.2, -0.15) is 0 Å². The Labute approximate surface area is 146 Å². The Balaban J connectivity index is 1.97. The zero-order chi connectivity index (χ0) is 17.3. The molecule has 0 bridgehead atoms. The molecule has 1 saturated carbocycles. The topological polar surface area (TPSA) is 55.4 Å². The molecule has 0 saturated heterocycles. The number of ether oxygens (including phenoxy) is 1. The number of aryl methyl sites for hydroxylation is 2. The van der Waals surface area contributed by atoms with E-state index in [0.29, 0.717) is 6.42 Å². The predicted octanol–water partition coefficient (Wildman–Crippen LogP) is 3.88. The summed E-state index contributed by atoms with van der Waals surface area (Å²) >= 11 is 11.9. The molecule has 23 heavy (non-hydrogen) atoms.